The summed E-state index contributed by atoms with van der Waals surface area (Å²) in [6.45, 7) is 7.12. The molecule has 3 heteroatoms. The average Bonchev–Trinajstić information content (AvgIpc) is 2.44. The van der Waals surface area contributed by atoms with Gasteiger partial charge < -0.3 is 14.7 Å². The van der Waals surface area contributed by atoms with Crippen LogP contribution in [0.3, 0.4) is 0 Å². The zero-order chi connectivity index (χ0) is 15.5. The monoisotopic (exact) mass is 291 g/mol. The molecule has 0 bridgehead atoms. The summed E-state index contributed by atoms with van der Waals surface area (Å²) in [5.41, 5.74) is 2.75. The fourth-order valence-corrected chi connectivity index (χ4v) is 2.94. The minimum absolute atomic E-state index is 0.191. The molecule has 0 aliphatic heterocycles. The summed E-state index contributed by atoms with van der Waals surface area (Å²) in [6, 6.07) is 9.22. The fraction of sp³-hybridized carbons (Fsp3) is 0.667. The minimum atomic E-state index is -0.425. The quantitative estimate of drug-likeness (QED) is 0.905. The Bertz CT molecular complexity index is 453. The van der Waals surface area contributed by atoms with Gasteiger partial charge >= 0.3 is 0 Å². The molecule has 1 N–H and O–H groups in total. The van der Waals surface area contributed by atoms with E-state index in [-0.39, 0.29) is 5.60 Å². The molecule has 0 heterocycles. The number of ether oxygens (including phenoxy) is 1. The minimum Gasteiger partial charge on any atom is -0.389 e. The molecule has 0 saturated carbocycles. The van der Waals surface area contributed by atoms with E-state index < -0.39 is 6.10 Å². The molecule has 2 atom stereocenters. The van der Waals surface area contributed by atoms with Crippen LogP contribution in [-0.4, -0.2) is 48.0 Å². The summed E-state index contributed by atoms with van der Waals surface area (Å²) in [5.74, 6) is 0. The van der Waals surface area contributed by atoms with Gasteiger partial charge in [-0.3, -0.25) is 0 Å². The first-order valence-electron chi connectivity index (χ1n) is 7.94. The maximum Gasteiger partial charge on any atom is 0.0900 e. The lowest BCUT2D eigenvalue weighted by atomic mass is 9.87. The van der Waals surface area contributed by atoms with Crippen molar-refractivity contribution in [1.82, 2.24) is 4.90 Å². The number of benzene rings is 1. The second kappa shape index (κ2) is 6.91. The molecule has 1 aliphatic carbocycles. The van der Waals surface area contributed by atoms with E-state index in [2.05, 4.69) is 36.2 Å². The van der Waals surface area contributed by atoms with E-state index in [4.69, 9.17) is 4.74 Å². The van der Waals surface area contributed by atoms with Crippen molar-refractivity contribution >= 4 is 0 Å². The predicted octanol–water partition coefficient (Wildman–Crippen LogP) is 2.65. The Morgan fingerprint density at radius 2 is 1.95 bits per heavy atom. The fourth-order valence-electron chi connectivity index (χ4n) is 2.94. The Hall–Kier alpha value is -0.900. The Morgan fingerprint density at radius 3 is 2.62 bits per heavy atom. The van der Waals surface area contributed by atoms with Gasteiger partial charge in [-0.15, -0.1) is 0 Å². The molecule has 0 amide bonds. The second-order valence-electron chi connectivity index (χ2n) is 7.18. The molecule has 2 unspecified atom stereocenters. The third kappa shape index (κ3) is 5.10. The largest absolute Gasteiger partial charge is 0.389 e. The Morgan fingerprint density at radius 1 is 1.29 bits per heavy atom. The Labute approximate surface area is 128 Å². The van der Waals surface area contributed by atoms with Crippen LogP contribution >= 0.6 is 0 Å². The first-order valence-corrected chi connectivity index (χ1v) is 7.94. The van der Waals surface area contributed by atoms with Crippen LogP contribution in [0.25, 0.3) is 0 Å². The Balaban J connectivity index is 1.83. The van der Waals surface area contributed by atoms with Crippen molar-refractivity contribution in [2.75, 3.05) is 20.2 Å². The van der Waals surface area contributed by atoms with Gasteiger partial charge in [-0.1, -0.05) is 24.3 Å². The van der Waals surface area contributed by atoms with Crippen molar-refractivity contribution in [2.24, 2.45) is 0 Å². The summed E-state index contributed by atoms with van der Waals surface area (Å²) < 4.78 is 5.66. The first-order chi connectivity index (χ1) is 9.85. The van der Waals surface area contributed by atoms with Crippen molar-refractivity contribution in [3.8, 4) is 0 Å². The molecule has 2 rings (SSSR count). The molecule has 0 aromatic heterocycles. The van der Waals surface area contributed by atoms with Crippen LogP contribution in [0.2, 0.25) is 0 Å². The van der Waals surface area contributed by atoms with E-state index in [0.29, 0.717) is 19.2 Å². The van der Waals surface area contributed by atoms with Crippen LogP contribution in [-0.2, 0) is 17.6 Å². The summed E-state index contributed by atoms with van der Waals surface area (Å²) in [4.78, 5) is 2.28. The van der Waals surface area contributed by atoms with E-state index in [9.17, 15) is 5.11 Å². The van der Waals surface area contributed by atoms with Crippen LogP contribution in [0.15, 0.2) is 24.3 Å². The molecule has 3 nitrogen and oxygen atoms in total. The van der Waals surface area contributed by atoms with Crippen LogP contribution in [0.1, 0.15) is 38.3 Å². The number of fused-ring (bicyclic) bond motifs is 1. The van der Waals surface area contributed by atoms with Gasteiger partial charge in [-0.2, -0.15) is 0 Å². The standard InChI is InChI=1S/C18H29NO2/c1-18(2,3)21-13-17(20)12-19(4)16-10-9-14-7-5-6-8-15(14)11-16/h5-8,16-17,20H,9-13H2,1-4H3. The molecular weight excluding hydrogens is 262 g/mol. The van der Waals surface area contributed by atoms with Crippen LogP contribution in [0.4, 0.5) is 0 Å². The number of hydrogen-bond donors (Lipinski definition) is 1. The topological polar surface area (TPSA) is 32.7 Å². The number of nitrogens with zero attached hydrogens (tertiary/aromatic N) is 1. The summed E-state index contributed by atoms with van der Waals surface area (Å²) in [7, 11) is 2.11. The van der Waals surface area contributed by atoms with Crippen molar-refractivity contribution in [1.29, 1.82) is 0 Å². The highest BCUT2D eigenvalue weighted by Crippen LogP contribution is 2.24. The average molecular weight is 291 g/mol. The molecule has 21 heavy (non-hydrogen) atoms. The van der Waals surface area contributed by atoms with Gasteiger partial charge in [-0.25, -0.2) is 0 Å². The number of hydrogen-bond acceptors (Lipinski definition) is 3. The number of aliphatic hydroxyl groups excluding tert-OH is 1. The molecule has 1 aromatic carbocycles. The van der Waals surface area contributed by atoms with E-state index in [1.165, 1.54) is 17.5 Å². The summed E-state index contributed by atoms with van der Waals surface area (Å²) in [6.07, 6.45) is 2.96. The number of likely N-dealkylation sites (N-methyl/N-ethyl adjacent to an activating group) is 1. The highest BCUT2D eigenvalue weighted by molar-refractivity contribution is 5.30. The smallest absolute Gasteiger partial charge is 0.0900 e. The van der Waals surface area contributed by atoms with Crippen LogP contribution in [0, 0.1) is 0 Å². The lowest BCUT2D eigenvalue weighted by Gasteiger charge is -2.34. The highest BCUT2D eigenvalue weighted by atomic mass is 16.5. The van der Waals surface area contributed by atoms with Gasteiger partial charge in [0.1, 0.15) is 0 Å². The van der Waals surface area contributed by atoms with Gasteiger partial charge in [0.15, 0.2) is 0 Å². The number of aliphatic hydroxyl groups is 1. The third-order valence-corrected chi connectivity index (χ3v) is 4.15. The van der Waals surface area contributed by atoms with E-state index in [1.807, 2.05) is 20.8 Å². The van der Waals surface area contributed by atoms with Gasteiger partial charge in [-0.05, 0) is 58.2 Å². The number of rotatable bonds is 5. The lowest BCUT2D eigenvalue weighted by Crippen LogP contribution is -2.42. The van der Waals surface area contributed by atoms with E-state index >= 15 is 0 Å². The molecule has 1 aliphatic rings. The molecule has 0 saturated heterocycles. The van der Waals surface area contributed by atoms with Crippen molar-refractivity contribution < 1.29 is 9.84 Å². The van der Waals surface area contributed by atoms with Gasteiger partial charge in [0.2, 0.25) is 0 Å². The van der Waals surface area contributed by atoms with Gasteiger partial charge in [0.25, 0.3) is 0 Å². The molecular formula is C18H29NO2. The molecule has 0 spiro atoms. The van der Waals surface area contributed by atoms with Crippen molar-refractivity contribution in [3.05, 3.63) is 35.4 Å². The van der Waals surface area contributed by atoms with Gasteiger partial charge in [0.05, 0.1) is 18.3 Å². The van der Waals surface area contributed by atoms with Gasteiger partial charge in [0, 0.05) is 12.6 Å². The lowest BCUT2D eigenvalue weighted by molar-refractivity contribution is -0.0572. The van der Waals surface area contributed by atoms with E-state index in [1.54, 1.807) is 0 Å². The molecule has 118 valence electrons. The Kier molecular flexibility index (Phi) is 5.42. The van der Waals surface area contributed by atoms with Crippen LogP contribution in [0.5, 0.6) is 0 Å². The second-order valence-corrected chi connectivity index (χ2v) is 7.18. The zero-order valence-corrected chi connectivity index (χ0v) is 13.8. The number of aryl methyl sites for hydroxylation is 1. The normalized spacial score (nSPS) is 20.4. The van der Waals surface area contributed by atoms with Crippen molar-refractivity contribution in [2.45, 2.75) is 57.8 Å². The van der Waals surface area contributed by atoms with Crippen LogP contribution < -0.4 is 0 Å². The summed E-state index contributed by atoms with van der Waals surface area (Å²) in [5, 5.41) is 10.1. The zero-order valence-electron chi connectivity index (χ0n) is 13.8. The first kappa shape index (κ1) is 16.5. The SMILES string of the molecule is CN(CC(O)COC(C)(C)C)C1CCc2ccccc2C1. The van der Waals surface area contributed by atoms with Crippen molar-refractivity contribution in [3.63, 3.8) is 0 Å². The van der Waals surface area contributed by atoms with E-state index in [0.717, 1.165) is 12.8 Å². The summed E-state index contributed by atoms with van der Waals surface area (Å²) >= 11 is 0. The highest BCUT2D eigenvalue weighted by Gasteiger charge is 2.23. The molecule has 1 aromatic rings. The molecule has 0 radical (unpaired) electrons. The maximum absolute atomic E-state index is 10.1. The molecule has 0 fully saturated rings. The third-order valence-electron chi connectivity index (χ3n) is 4.15. The maximum atomic E-state index is 10.1. The predicted molar refractivity (Wildman–Crippen MR) is 86.6 cm³/mol.